The van der Waals surface area contributed by atoms with Crippen LogP contribution in [0.4, 0.5) is 0 Å². The largest absolute Gasteiger partial charge is 0.487 e. The zero-order valence-corrected chi connectivity index (χ0v) is 14.2. The van der Waals surface area contributed by atoms with Crippen LogP contribution >= 0.6 is 0 Å². The maximum atomic E-state index is 12.3. The summed E-state index contributed by atoms with van der Waals surface area (Å²) in [6.45, 7) is 6.77. The minimum absolute atomic E-state index is 0.0177. The van der Waals surface area contributed by atoms with Crippen molar-refractivity contribution >= 4 is 10.0 Å². The van der Waals surface area contributed by atoms with Crippen LogP contribution in [0.3, 0.4) is 0 Å². The molecule has 1 aromatic heterocycles. The number of aryl methyl sites for hydroxylation is 1. The van der Waals surface area contributed by atoms with E-state index in [0.29, 0.717) is 19.5 Å². The molecule has 1 aliphatic heterocycles. The first-order valence-corrected chi connectivity index (χ1v) is 9.17. The Morgan fingerprint density at radius 1 is 1.45 bits per heavy atom. The standard InChI is InChI=1S/C15H24N2O4S/c1-12(2)20-9-10-22(18,19)17-8-6-14(11-17)21-15-5-4-7-16-13(15)3/h4-5,7,12,14H,6,8-11H2,1-3H3/t14-/m1/s1. The third-order valence-corrected chi connectivity index (χ3v) is 5.35. The first kappa shape index (κ1) is 17.2. The smallest absolute Gasteiger partial charge is 0.216 e. The van der Waals surface area contributed by atoms with Crippen LogP contribution < -0.4 is 4.74 Å². The van der Waals surface area contributed by atoms with Crippen molar-refractivity contribution in [2.45, 2.75) is 39.4 Å². The lowest BCUT2D eigenvalue weighted by atomic mass is 10.3. The molecule has 0 spiro atoms. The molecule has 124 valence electrons. The second-order valence-corrected chi connectivity index (χ2v) is 7.80. The number of hydrogen-bond donors (Lipinski definition) is 0. The Balaban J connectivity index is 1.88. The predicted molar refractivity (Wildman–Crippen MR) is 84.5 cm³/mol. The Bertz CT molecular complexity index is 589. The molecule has 0 unspecified atom stereocenters. The Morgan fingerprint density at radius 2 is 2.23 bits per heavy atom. The highest BCUT2D eigenvalue weighted by Gasteiger charge is 2.32. The van der Waals surface area contributed by atoms with E-state index in [2.05, 4.69) is 4.98 Å². The van der Waals surface area contributed by atoms with E-state index in [-0.39, 0.29) is 24.6 Å². The SMILES string of the molecule is Cc1ncccc1O[C@@H]1CCN(S(=O)(=O)CCOC(C)C)C1. The van der Waals surface area contributed by atoms with E-state index in [1.165, 1.54) is 4.31 Å². The van der Waals surface area contributed by atoms with Crippen LogP contribution in [-0.4, -0.2) is 55.4 Å². The normalized spacial score (nSPS) is 19.7. The monoisotopic (exact) mass is 328 g/mol. The molecular formula is C15H24N2O4S. The first-order valence-electron chi connectivity index (χ1n) is 7.56. The predicted octanol–water partition coefficient (Wildman–Crippen LogP) is 1.60. The van der Waals surface area contributed by atoms with Gasteiger partial charge in [-0.25, -0.2) is 8.42 Å². The highest BCUT2D eigenvalue weighted by Crippen LogP contribution is 2.22. The Labute approximate surface area is 132 Å². The Morgan fingerprint density at radius 3 is 2.91 bits per heavy atom. The molecule has 2 rings (SSSR count). The summed E-state index contributed by atoms with van der Waals surface area (Å²) in [4.78, 5) is 4.17. The number of rotatable bonds is 7. The van der Waals surface area contributed by atoms with Gasteiger partial charge in [-0.3, -0.25) is 4.98 Å². The summed E-state index contributed by atoms with van der Waals surface area (Å²) < 4.78 is 37.2. The molecule has 0 N–H and O–H groups in total. The zero-order valence-electron chi connectivity index (χ0n) is 13.4. The van der Waals surface area contributed by atoms with E-state index in [1.54, 1.807) is 6.20 Å². The average molecular weight is 328 g/mol. The van der Waals surface area contributed by atoms with Crippen LogP contribution in [-0.2, 0) is 14.8 Å². The van der Waals surface area contributed by atoms with Gasteiger partial charge in [-0.15, -0.1) is 0 Å². The minimum atomic E-state index is -3.28. The van der Waals surface area contributed by atoms with Crippen molar-refractivity contribution in [1.29, 1.82) is 0 Å². The van der Waals surface area contributed by atoms with Gasteiger partial charge in [-0.05, 0) is 39.3 Å². The number of sulfonamides is 1. The van der Waals surface area contributed by atoms with Gasteiger partial charge in [0.15, 0.2) is 0 Å². The topological polar surface area (TPSA) is 68.7 Å². The lowest BCUT2D eigenvalue weighted by molar-refractivity contribution is 0.0907. The van der Waals surface area contributed by atoms with Crippen molar-refractivity contribution in [3.05, 3.63) is 24.0 Å². The first-order chi connectivity index (χ1) is 10.4. The summed E-state index contributed by atoms with van der Waals surface area (Å²) in [6, 6.07) is 3.67. The van der Waals surface area contributed by atoms with E-state index < -0.39 is 10.0 Å². The lowest BCUT2D eigenvalue weighted by Crippen LogP contribution is -2.34. The van der Waals surface area contributed by atoms with Gasteiger partial charge in [0.25, 0.3) is 0 Å². The molecule has 0 bridgehead atoms. The number of ether oxygens (including phenoxy) is 2. The molecule has 1 atom stereocenters. The van der Waals surface area contributed by atoms with E-state index in [4.69, 9.17) is 9.47 Å². The van der Waals surface area contributed by atoms with Crippen molar-refractivity contribution in [3.8, 4) is 5.75 Å². The maximum Gasteiger partial charge on any atom is 0.216 e. The highest BCUT2D eigenvalue weighted by atomic mass is 32.2. The third kappa shape index (κ3) is 4.66. The molecule has 1 saturated heterocycles. The summed E-state index contributed by atoms with van der Waals surface area (Å²) in [5.74, 6) is 0.735. The van der Waals surface area contributed by atoms with Crippen molar-refractivity contribution in [3.63, 3.8) is 0 Å². The molecule has 6 nitrogen and oxygen atoms in total. The lowest BCUT2D eigenvalue weighted by Gasteiger charge is -2.18. The fourth-order valence-electron chi connectivity index (χ4n) is 2.34. The van der Waals surface area contributed by atoms with Gasteiger partial charge >= 0.3 is 0 Å². The molecule has 0 aromatic carbocycles. The molecule has 0 radical (unpaired) electrons. The summed E-state index contributed by atoms with van der Waals surface area (Å²) >= 11 is 0. The Hall–Kier alpha value is -1.18. The number of nitrogens with zero attached hydrogens (tertiary/aromatic N) is 2. The van der Waals surface area contributed by atoms with Crippen molar-refractivity contribution in [2.24, 2.45) is 0 Å². The van der Waals surface area contributed by atoms with Crippen LogP contribution in [0, 0.1) is 6.92 Å². The maximum absolute atomic E-state index is 12.3. The van der Waals surface area contributed by atoms with Gasteiger partial charge in [0.1, 0.15) is 11.9 Å². The quantitative estimate of drug-likeness (QED) is 0.760. The van der Waals surface area contributed by atoms with Crippen LogP contribution in [0.15, 0.2) is 18.3 Å². The summed E-state index contributed by atoms with van der Waals surface area (Å²) in [6.07, 6.45) is 2.32. The molecule has 7 heteroatoms. The highest BCUT2D eigenvalue weighted by molar-refractivity contribution is 7.89. The van der Waals surface area contributed by atoms with Crippen molar-refractivity contribution < 1.29 is 17.9 Å². The molecule has 0 amide bonds. The third-order valence-electron chi connectivity index (χ3n) is 3.55. The molecule has 1 aliphatic rings. The molecule has 0 saturated carbocycles. The minimum Gasteiger partial charge on any atom is -0.487 e. The van der Waals surface area contributed by atoms with Crippen LogP contribution in [0.1, 0.15) is 26.0 Å². The van der Waals surface area contributed by atoms with Crippen molar-refractivity contribution in [2.75, 3.05) is 25.4 Å². The van der Waals surface area contributed by atoms with Gasteiger partial charge in [-0.1, -0.05) is 0 Å². The number of hydrogen-bond acceptors (Lipinski definition) is 5. The van der Waals surface area contributed by atoms with Gasteiger partial charge < -0.3 is 9.47 Å². The van der Waals surface area contributed by atoms with E-state index in [9.17, 15) is 8.42 Å². The van der Waals surface area contributed by atoms with E-state index >= 15 is 0 Å². The van der Waals surface area contributed by atoms with Crippen LogP contribution in [0.5, 0.6) is 5.75 Å². The second-order valence-electron chi connectivity index (χ2n) is 5.71. The van der Waals surface area contributed by atoms with Gasteiger partial charge in [0.05, 0.1) is 30.7 Å². The average Bonchev–Trinajstić information content (AvgIpc) is 2.90. The zero-order chi connectivity index (χ0) is 16.2. The molecule has 2 heterocycles. The molecular weight excluding hydrogens is 304 g/mol. The van der Waals surface area contributed by atoms with Gasteiger partial charge in [-0.2, -0.15) is 4.31 Å². The molecule has 1 aromatic rings. The summed E-state index contributed by atoms with van der Waals surface area (Å²) in [7, 11) is -3.28. The van der Waals surface area contributed by atoms with Crippen molar-refractivity contribution in [1.82, 2.24) is 9.29 Å². The van der Waals surface area contributed by atoms with E-state index in [1.807, 2.05) is 32.9 Å². The fraction of sp³-hybridized carbons (Fsp3) is 0.667. The van der Waals surface area contributed by atoms with E-state index in [0.717, 1.165) is 11.4 Å². The van der Waals surface area contributed by atoms with Crippen LogP contribution in [0.2, 0.25) is 0 Å². The summed E-state index contributed by atoms with van der Waals surface area (Å²) in [5.41, 5.74) is 0.814. The molecule has 0 aliphatic carbocycles. The number of pyridine rings is 1. The van der Waals surface area contributed by atoms with Gasteiger partial charge in [0, 0.05) is 12.7 Å². The molecule has 1 fully saturated rings. The number of aromatic nitrogens is 1. The van der Waals surface area contributed by atoms with Gasteiger partial charge in [0.2, 0.25) is 10.0 Å². The fourth-order valence-corrected chi connectivity index (χ4v) is 3.68. The second kappa shape index (κ2) is 7.39. The van der Waals surface area contributed by atoms with Crippen LogP contribution in [0.25, 0.3) is 0 Å². The Kier molecular flexibility index (Phi) is 5.77. The molecule has 22 heavy (non-hydrogen) atoms. The summed E-state index contributed by atoms with van der Waals surface area (Å²) in [5, 5.41) is 0.